The van der Waals surface area contributed by atoms with Crippen LogP contribution >= 0.6 is 11.3 Å². The van der Waals surface area contributed by atoms with Crippen molar-refractivity contribution in [2.24, 2.45) is 0 Å². The Labute approximate surface area is 115 Å². The summed E-state index contributed by atoms with van der Waals surface area (Å²) in [5.41, 5.74) is 0.471. The van der Waals surface area contributed by atoms with Gasteiger partial charge in [0.15, 0.2) is 0 Å². The van der Waals surface area contributed by atoms with Crippen LogP contribution in [0.15, 0.2) is 24.4 Å². The quantitative estimate of drug-likeness (QED) is 0.905. The van der Waals surface area contributed by atoms with Gasteiger partial charge < -0.3 is 5.32 Å². The first-order valence-corrected chi connectivity index (χ1v) is 7.03. The van der Waals surface area contributed by atoms with Crippen molar-refractivity contribution in [1.29, 1.82) is 0 Å². The molecule has 2 rings (SSSR count). The minimum Gasteiger partial charge on any atom is -0.310 e. The van der Waals surface area contributed by atoms with Gasteiger partial charge in [0.2, 0.25) is 0 Å². The van der Waals surface area contributed by atoms with Crippen LogP contribution in [0.1, 0.15) is 35.3 Å². The molecule has 0 saturated carbocycles. The summed E-state index contributed by atoms with van der Waals surface area (Å²) in [6.07, 6.45) is 2.21. The zero-order valence-electron chi connectivity index (χ0n) is 10.9. The standard InChI is InChI=1S/C14H16F2N2S/c1-3-17-9(2)13-8-18-14(19-13)6-10-4-5-11(15)7-12(10)16/h4-5,7-9,17H,3,6H2,1-2H3. The molecule has 0 saturated heterocycles. The van der Waals surface area contributed by atoms with Crippen molar-refractivity contribution in [3.05, 3.63) is 51.5 Å². The summed E-state index contributed by atoms with van der Waals surface area (Å²) in [4.78, 5) is 5.42. The van der Waals surface area contributed by atoms with Crippen molar-refractivity contribution in [1.82, 2.24) is 10.3 Å². The Hall–Kier alpha value is -1.33. The van der Waals surface area contributed by atoms with E-state index in [2.05, 4.69) is 17.2 Å². The highest BCUT2D eigenvalue weighted by Gasteiger charge is 2.11. The molecule has 1 aromatic heterocycles. The number of hydrogen-bond acceptors (Lipinski definition) is 3. The Bertz CT molecular complexity index is 554. The molecular formula is C14H16F2N2S. The summed E-state index contributed by atoms with van der Waals surface area (Å²) in [7, 11) is 0. The van der Waals surface area contributed by atoms with Crippen LogP contribution < -0.4 is 5.32 Å². The van der Waals surface area contributed by atoms with Crippen LogP contribution in [0.5, 0.6) is 0 Å². The molecular weight excluding hydrogens is 266 g/mol. The van der Waals surface area contributed by atoms with Gasteiger partial charge in [0, 0.05) is 29.6 Å². The molecule has 2 nitrogen and oxygen atoms in total. The molecule has 5 heteroatoms. The molecule has 0 spiro atoms. The maximum atomic E-state index is 13.5. The summed E-state index contributed by atoms with van der Waals surface area (Å²) in [6, 6.07) is 3.90. The topological polar surface area (TPSA) is 24.9 Å². The first-order chi connectivity index (χ1) is 9.10. The van der Waals surface area contributed by atoms with Crippen molar-refractivity contribution in [2.45, 2.75) is 26.3 Å². The van der Waals surface area contributed by atoms with Gasteiger partial charge in [0.1, 0.15) is 11.6 Å². The number of nitrogens with zero attached hydrogens (tertiary/aromatic N) is 1. The molecule has 0 bridgehead atoms. The summed E-state index contributed by atoms with van der Waals surface area (Å²) in [5, 5.41) is 4.14. The van der Waals surface area contributed by atoms with Gasteiger partial charge in [-0.1, -0.05) is 13.0 Å². The van der Waals surface area contributed by atoms with Gasteiger partial charge in [0.05, 0.1) is 5.01 Å². The normalized spacial score (nSPS) is 12.6. The second-order valence-electron chi connectivity index (χ2n) is 4.35. The Balaban J connectivity index is 2.11. The van der Waals surface area contributed by atoms with Gasteiger partial charge in [-0.2, -0.15) is 0 Å². The van der Waals surface area contributed by atoms with Gasteiger partial charge in [-0.15, -0.1) is 11.3 Å². The molecule has 1 atom stereocenters. The van der Waals surface area contributed by atoms with Gasteiger partial charge in [-0.3, -0.25) is 0 Å². The number of aromatic nitrogens is 1. The molecule has 0 aliphatic heterocycles. The molecule has 0 radical (unpaired) electrons. The van der Waals surface area contributed by atoms with E-state index in [1.54, 1.807) is 11.3 Å². The third-order valence-electron chi connectivity index (χ3n) is 2.87. The van der Waals surface area contributed by atoms with Crippen LogP contribution in [-0.4, -0.2) is 11.5 Å². The Kier molecular flexibility index (Phi) is 4.61. The lowest BCUT2D eigenvalue weighted by atomic mass is 10.1. The fraction of sp³-hybridized carbons (Fsp3) is 0.357. The molecule has 2 aromatic rings. The van der Waals surface area contributed by atoms with Crippen molar-refractivity contribution < 1.29 is 8.78 Å². The fourth-order valence-electron chi connectivity index (χ4n) is 1.84. The van der Waals surface area contributed by atoms with Gasteiger partial charge >= 0.3 is 0 Å². The molecule has 0 aliphatic rings. The lowest BCUT2D eigenvalue weighted by molar-refractivity contribution is 0.574. The van der Waals surface area contributed by atoms with Crippen LogP contribution in [0.2, 0.25) is 0 Å². The summed E-state index contributed by atoms with van der Waals surface area (Å²) >= 11 is 1.55. The largest absolute Gasteiger partial charge is 0.310 e. The molecule has 19 heavy (non-hydrogen) atoms. The van der Waals surface area contributed by atoms with E-state index in [-0.39, 0.29) is 6.04 Å². The SMILES string of the molecule is CCNC(C)c1cnc(Cc2ccc(F)cc2F)s1. The zero-order valence-corrected chi connectivity index (χ0v) is 11.7. The molecule has 1 unspecified atom stereocenters. The predicted molar refractivity (Wildman–Crippen MR) is 73.4 cm³/mol. The van der Waals surface area contributed by atoms with E-state index in [1.807, 2.05) is 13.1 Å². The van der Waals surface area contributed by atoms with Gasteiger partial charge in [0.25, 0.3) is 0 Å². The number of nitrogens with one attached hydrogen (secondary N) is 1. The van der Waals surface area contributed by atoms with E-state index < -0.39 is 11.6 Å². The van der Waals surface area contributed by atoms with E-state index in [0.29, 0.717) is 12.0 Å². The highest BCUT2D eigenvalue weighted by atomic mass is 32.1. The Morgan fingerprint density at radius 2 is 2.16 bits per heavy atom. The monoisotopic (exact) mass is 282 g/mol. The van der Waals surface area contributed by atoms with Crippen LogP contribution in [0.4, 0.5) is 8.78 Å². The average molecular weight is 282 g/mol. The summed E-state index contributed by atoms with van der Waals surface area (Å²) in [5.74, 6) is -1.07. The van der Waals surface area contributed by atoms with Crippen LogP contribution in [0.3, 0.4) is 0 Å². The second-order valence-corrected chi connectivity index (χ2v) is 5.50. The van der Waals surface area contributed by atoms with Crippen LogP contribution in [-0.2, 0) is 6.42 Å². The molecule has 1 N–H and O–H groups in total. The molecule has 0 aliphatic carbocycles. The highest BCUT2D eigenvalue weighted by molar-refractivity contribution is 7.11. The summed E-state index contributed by atoms with van der Waals surface area (Å²) in [6.45, 7) is 5.01. The smallest absolute Gasteiger partial charge is 0.129 e. The van der Waals surface area contributed by atoms with Crippen molar-refractivity contribution in [3.8, 4) is 0 Å². The fourth-order valence-corrected chi connectivity index (χ4v) is 2.81. The van der Waals surface area contributed by atoms with Crippen molar-refractivity contribution >= 4 is 11.3 Å². The average Bonchev–Trinajstić information content (AvgIpc) is 2.82. The minimum atomic E-state index is -0.554. The first kappa shape index (κ1) is 14.1. The maximum absolute atomic E-state index is 13.5. The maximum Gasteiger partial charge on any atom is 0.129 e. The Morgan fingerprint density at radius 3 is 2.84 bits per heavy atom. The number of thiazole rings is 1. The van der Waals surface area contributed by atoms with Crippen molar-refractivity contribution in [2.75, 3.05) is 6.54 Å². The van der Waals surface area contributed by atoms with E-state index in [0.717, 1.165) is 22.5 Å². The van der Waals surface area contributed by atoms with E-state index >= 15 is 0 Å². The molecule has 1 aromatic carbocycles. The third kappa shape index (κ3) is 3.58. The van der Waals surface area contributed by atoms with Crippen LogP contribution in [0.25, 0.3) is 0 Å². The number of hydrogen-bond donors (Lipinski definition) is 1. The second kappa shape index (κ2) is 6.21. The lowest BCUT2D eigenvalue weighted by Crippen LogP contribution is -2.16. The molecule has 1 heterocycles. The van der Waals surface area contributed by atoms with E-state index in [9.17, 15) is 8.78 Å². The van der Waals surface area contributed by atoms with Gasteiger partial charge in [-0.25, -0.2) is 13.8 Å². The number of rotatable bonds is 5. The third-order valence-corrected chi connectivity index (χ3v) is 4.05. The number of halogens is 2. The van der Waals surface area contributed by atoms with Crippen LogP contribution in [0, 0.1) is 11.6 Å². The lowest BCUT2D eigenvalue weighted by Gasteiger charge is -2.08. The zero-order chi connectivity index (χ0) is 13.8. The highest BCUT2D eigenvalue weighted by Crippen LogP contribution is 2.23. The predicted octanol–water partition coefficient (Wildman–Crippen LogP) is 3.68. The molecule has 0 fully saturated rings. The molecule has 102 valence electrons. The van der Waals surface area contributed by atoms with Gasteiger partial charge in [-0.05, 0) is 25.1 Å². The molecule has 0 amide bonds. The van der Waals surface area contributed by atoms with E-state index in [1.165, 1.54) is 12.1 Å². The van der Waals surface area contributed by atoms with E-state index in [4.69, 9.17) is 0 Å². The first-order valence-electron chi connectivity index (χ1n) is 6.22. The number of benzene rings is 1. The Morgan fingerprint density at radius 1 is 1.37 bits per heavy atom. The summed E-state index contributed by atoms with van der Waals surface area (Å²) < 4.78 is 26.4. The van der Waals surface area contributed by atoms with Crippen molar-refractivity contribution in [3.63, 3.8) is 0 Å². The minimum absolute atomic E-state index is 0.245.